The molecule has 4 nitrogen and oxygen atoms in total. The van der Waals surface area contributed by atoms with Crippen molar-refractivity contribution in [2.24, 2.45) is 10.3 Å². The van der Waals surface area contributed by atoms with E-state index >= 15 is 0 Å². The van der Waals surface area contributed by atoms with Crippen LogP contribution in [0.1, 0.15) is 5.56 Å². The summed E-state index contributed by atoms with van der Waals surface area (Å²) in [6.45, 7) is 0. The summed E-state index contributed by atoms with van der Waals surface area (Å²) >= 11 is 0. The first kappa shape index (κ1) is 7.79. The Labute approximate surface area is 76.5 Å². The maximum atomic E-state index is 3.91. The zero-order valence-corrected chi connectivity index (χ0v) is 7.31. The van der Waals surface area contributed by atoms with Crippen molar-refractivity contribution in [2.45, 2.75) is 0 Å². The fraction of sp³-hybridized carbons (Fsp3) is 0.111. The second kappa shape index (κ2) is 3.26. The highest BCUT2D eigenvalue weighted by molar-refractivity contribution is 5.51. The van der Waals surface area contributed by atoms with Crippen LogP contribution >= 0.6 is 0 Å². The van der Waals surface area contributed by atoms with Gasteiger partial charge in [0.25, 0.3) is 0 Å². The lowest BCUT2D eigenvalue weighted by Crippen LogP contribution is -2.22. The molecule has 0 bridgehead atoms. The van der Waals surface area contributed by atoms with Gasteiger partial charge in [0.2, 0.25) is 0 Å². The number of hydrogen-bond acceptors (Lipinski definition) is 4. The highest BCUT2D eigenvalue weighted by atomic mass is 15.8. The Balaban J connectivity index is 2.25. The van der Waals surface area contributed by atoms with E-state index in [0.717, 1.165) is 11.4 Å². The molecule has 66 valence electrons. The number of rotatable bonds is 1. The van der Waals surface area contributed by atoms with Crippen LogP contribution in [0.3, 0.4) is 0 Å². The first-order valence-electron chi connectivity index (χ1n) is 4.03. The number of nitrogens with one attached hydrogen (secondary N) is 1. The molecular formula is C9H10N4. The van der Waals surface area contributed by atoms with Crippen LogP contribution in [0.15, 0.2) is 46.5 Å². The quantitative estimate of drug-likeness (QED) is 0.705. The van der Waals surface area contributed by atoms with Gasteiger partial charge in [0.15, 0.2) is 5.82 Å². The molecule has 1 N–H and O–H groups in total. The predicted octanol–water partition coefficient (Wildman–Crippen LogP) is 1.80. The number of hydrazine groups is 1. The van der Waals surface area contributed by atoms with Crippen LogP contribution < -0.4 is 5.53 Å². The van der Waals surface area contributed by atoms with Crippen molar-refractivity contribution in [1.82, 2.24) is 10.5 Å². The first-order valence-corrected chi connectivity index (χ1v) is 4.03. The fourth-order valence-electron chi connectivity index (χ4n) is 1.08. The van der Waals surface area contributed by atoms with Crippen LogP contribution in [0, 0.1) is 0 Å². The summed E-state index contributed by atoms with van der Waals surface area (Å²) in [6, 6.07) is 10.0. The third kappa shape index (κ3) is 1.66. The molecule has 0 aromatic heterocycles. The van der Waals surface area contributed by atoms with Gasteiger partial charge in [-0.2, -0.15) is 5.53 Å². The van der Waals surface area contributed by atoms with Crippen molar-refractivity contribution in [2.75, 3.05) is 7.05 Å². The molecular weight excluding hydrogens is 164 g/mol. The van der Waals surface area contributed by atoms with Gasteiger partial charge in [-0.1, -0.05) is 35.6 Å². The molecule has 0 saturated carbocycles. The third-order valence-electron chi connectivity index (χ3n) is 1.79. The molecule has 1 aromatic carbocycles. The molecule has 1 heterocycles. The van der Waals surface area contributed by atoms with E-state index in [1.165, 1.54) is 0 Å². The van der Waals surface area contributed by atoms with Gasteiger partial charge >= 0.3 is 0 Å². The average molecular weight is 174 g/mol. The van der Waals surface area contributed by atoms with Crippen molar-refractivity contribution in [3.8, 4) is 0 Å². The topological polar surface area (TPSA) is 40.0 Å². The largest absolute Gasteiger partial charge is 0.255 e. The molecule has 1 aromatic rings. The molecule has 1 aliphatic rings. The summed E-state index contributed by atoms with van der Waals surface area (Å²) in [6.07, 6.45) is 1.96. The van der Waals surface area contributed by atoms with Crippen LogP contribution in [0.5, 0.6) is 0 Å². The first-order chi connectivity index (χ1) is 6.36. The number of benzene rings is 1. The van der Waals surface area contributed by atoms with Crippen molar-refractivity contribution in [1.29, 1.82) is 0 Å². The summed E-state index contributed by atoms with van der Waals surface area (Å²) in [4.78, 5) is 0. The number of nitrogens with zero attached hydrogens (tertiary/aromatic N) is 3. The van der Waals surface area contributed by atoms with Crippen LogP contribution in [0.4, 0.5) is 0 Å². The van der Waals surface area contributed by atoms with Crippen LogP contribution in [-0.2, 0) is 0 Å². The summed E-state index contributed by atoms with van der Waals surface area (Å²) in [5, 5.41) is 9.34. The molecule has 0 fully saturated rings. The van der Waals surface area contributed by atoms with Gasteiger partial charge in [-0.3, -0.25) is 5.01 Å². The maximum Gasteiger partial charge on any atom is 0.173 e. The second-order valence-corrected chi connectivity index (χ2v) is 2.77. The van der Waals surface area contributed by atoms with E-state index in [9.17, 15) is 0 Å². The summed E-state index contributed by atoms with van der Waals surface area (Å²) in [7, 11) is 1.87. The SMILES string of the molecule is CN1NN=NC1=Cc1ccccc1. The highest BCUT2D eigenvalue weighted by Gasteiger charge is 2.07. The van der Waals surface area contributed by atoms with E-state index in [1.54, 1.807) is 5.01 Å². The van der Waals surface area contributed by atoms with Gasteiger partial charge in [0.1, 0.15) is 0 Å². The minimum absolute atomic E-state index is 0.811. The molecule has 0 spiro atoms. The second-order valence-electron chi connectivity index (χ2n) is 2.77. The van der Waals surface area contributed by atoms with Crippen molar-refractivity contribution >= 4 is 6.08 Å². The summed E-state index contributed by atoms with van der Waals surface area (Å²) in [5.41, 5.74) is 3.83. The normalized spacial score (nSPS) is 17.9. The van der Waals surface area contributed by atoms with E-state index in [2.05, 4.69) is 15.9 Å². The van der Waals surface area contributed by atoms with E-state index in [1.807, 2.05) is 43.5 Å². The molecule has 2 rings (SSSR count). The molecule has 0 radical (unpaired) electrons. The Bertz CT molecular complexity index is 342. The maximum absolute atomic E-state index is 3.91. The molecule has 1 aliphatic heterocycles. The Morgan fingerprint density at radius 2 is 2.08 bits per heavy atom. The molecule has 4 heteroatoms. The van der Waals surface area contributed by atoms with Gasteiger partial charge in [0.05, 0.1) is 0 Å². The Morgan fingerprint density at radius 3 is 2.69 bits per heavy atom. The monoisotopic (exact) mass is 174 g/mol. The molecule has 0 saturated heterocycles. The number of hydrogen-bond donors (Lipinski definition) is 1. The minimum Gasteiger partial charge on any atom is -0.255 e. The van der Waals surface area contributed by atoms with E-state index in [4.69, 9.17) is 0 Å². The third-order valence-corrected chi connectivity index (χ3v) is 1.79. The van der Waals surface area contributed by atoms with E-state index in [-0.39, 0.29) is 0 Å². The van der Waals surface area contributed by atoms with E-state index < -0.39 is 0 Å². The Hall–Kier alpha value is -1.84. The van der Waals surface area contributed by atoms with Gasteiger partial charge in [-0.05, 0) is 11.6 Å². The summed E-state index contributed by atoms with van der Waals surface area (Å²) in [5.74, 6) is 0.811. The molecule has 13 heavy (non-hydrogen) atoms. The molecule has 0 aliphatic carbocycles. The summed E-state index contributed by atoms with van der Waals surface area (Å²) < 4.78 is 0. The average Bonchev–Trinajstić information content (AvgIpc) is 2.54. The molecule has 0 unspecified atom stereocenters. The van der Waals surface area contributed by atoms with Gasteiger partial charge in [-0.25, -0.2) is 0 Å². The van der Waals surface area contributed by atoms with Crippen molar-refractivity contribution in [3.05, 3.63) is 41.7 Å². The molecule has 0 amide bonds. The van der Waals surface area contributed by atoms with Crippen molar-refractivity contribution in [3.63, 3.8) is 0 Å². The van der Waals surface area contributed by atoms with Gasteiger partial charge in [-0.15, -0.1) is 5.11 Å². The lowest BCUT2D eigenvalue weighted by molar-refractivity contribution is 0.347. The zero-order chi connectivity index (χ0) is 9.10. The van der Waals surface area contributed by atoms with E-state index in [0.29, 0.717) is 0 Å². The van der Waals surface area contributed by atoms with Crippen LogP contribution in [0.25, 0.3) is 6.08 Å². The smallest absolute Gasteiger partial charge is 0.173 e. The van der Waals surface area contributed by atoms with Crippen LogP contribution in [-0.4, -0.2) is 12.1 Å². The molecule has 0 atom stereocenters. The highest BCUT2D eigenvalue weighted by Crippen LogP contribution is 2.12. The minimum atomic E-state index is 0.811. The van der Waals surface area contributed by atoms with Gasteiger partial charge in [0, 0.05) is 7.05 Å². The van der Waals surface area contributed by atoms with Crippen molar-refractivity contribution < 1.29 is 0 Å². The zero-order valence-electron chi connectivity index (χ0n) is 7.31. The Morgan fingerprint density at radius 1 is 1.31 bits per heavy atom. The lowest BCUT2D eigenvalue weighted by atomic mass is 10.2. The fourth-order valence-corrected chi connectivity index (χ4v) is 1.08. The predicted molar refractivity (Wildman–Crippen MR) is 50.2 cm³/mol. The Kier molecular flexibility index (Phi) is 1.96. The lowest BCUT2D eigenvalue weighted by Gasteiger charge is -2.07. The van der Waals surface area contributed by atoms with Crippen LogP contribution in [0.2, 0.25) is 0 Å². The van der Waals surface area contributed by atoms with Gasteiger partial charge < -0.3 is 0 Å². The standard InChI is InChI=1S/C9H10N4/c1-13-9(10-11-12-13)7-8-5-3-2-4-6-8/h2-7H,1H3,(H,10,12).